The van der Waals surface area contributed by atoms with Crippen LogP contribution >= 0.6 is 11.8 Å². The molecule has 1 heterocycles. The number of nitrogens with two attached hydrogens (primary N) is 1. The van der Waals surface area contributed by atoms with Crippen LogP contribution in [-0.4, -0.2) is 22.1 Å². The molecule has 0 spiro atoms. The molecule has 0 aliphatic heterocycles. The van der Waals surface area contributed by atoms with Crippen LogP contribution in [-0.2, 0) is 0 Å². The van der Waals surface area contributed by atoms with Crippen molar-refractivity contribution in [3.05, 3.63) is 35.5 Å². The van der Waals surface area contributed by atoms with Crippen LogP contribution in [0.2, 0.25) is 0 Å². The van der Waals surface area contributed by atoms with Crippen molar-refractivity contribution in [2.75, 3.05) is 12.0 Å². The molecule has 2 N–H and O–H groups in total. The van der Waals surface area contributed by atoms with E-state index in [1.54, 1.807) is 11.8 Å². The van der Waals surface area contributed by atoms with Crippen LogP contribution in [0.25, 0.3) is 11.4 Å². The number of rotatable bonds is 5. The van der Waals surface area contributed by atoms with Crippen molar-refractivity contribution in [2.24, 2.45) is 5.73 Å². The molecule has 0 aliphatic rings. The molecule has 102 valence electrons. The summed E-state index contributed by atoms with van der Waals surface area (Å²) < 4.78 is 18.5. The Morgan fingerprint density at radius 1 is 1.42 bits per heavy atom. The lowest BCUT2D eigenvalue weighted by Gasteiger charge is -2.03. The Morgan fingerprint density at radius 3 is 2.89 bits per heavy atom. The van der Waals surface area contributed by atoms with Crippen molar-refractivity contribution in [3.8, 4) is 11.4 Å². The van der Waals surface area contributed by atoms with Gasteiger partial charge in [-0.25, -0.2) is 4.39 Å². The molecule has 1 atom stereocenters. The Balaban J connectivity index is 2.20. The molecule has 1 aromatic heterocycles. The van der Waals surface area contributed by atoms with Gasteiger partial charge in [0, 0.05) is 5.56 Å². The lowest BCUT2D eigenvalue weighted by atomic mass is 10.1. The lowest BCUT2D eigenvalue weighted by Crippen LogP contribution is -2.11. The minimum Gasteiger partial charge on any atom is -0.337 e. The number of hydrogen-bond acceptors (Lipinski definition) is 5. The Morgan fingerprint density at radius 2 is 2.21 bits per heavy atom. The zero-order valence-corrected chi connectivity index (χ0v) is 11.7. The number of aromatic nitrogens is 2. The highest BCUT2D eigenvalue weighted by Crippen LogP contribution is 2.21. The molecular weight excluding hydrogens is 265 g/mol. The number of benzene rings is 1. The Labute approximate surface area is 115 Å². The van der Waals surface area contributed by atoms with Gasteiger partial charge in [-0.1, -0.05) is 5.16 Å². The molecule has 4 nitrogen and oxygen atoms in total. The normalized spacial score (nSPS) is 12.6. The summed E-state index contributed by atoms with van der Waals surface area (Å²) in [4.78, 5) is 4.24. The first-order valence-electron chi connectivity index (χ1n) is 5.96. The highest BCUT2D eigenvalue weighted by atomic mass is 32.2. The largest absolute Gasteiger partial charge is 0.337 e. The topological polar surface area (TPSA) is 64.9 Å². The predicted octanol–water partition coefficient (Wildman–Crippen LogP) is 2.94. The fourth-order valence-corrected chi connectivity index (χ4v) is 2.23. The summed E-state index contributed by atoms with van der Waals surface area (Å²) >= 11 is 1.71. The van der Waals surface area contributed by atoms with E-state index in [-0.39, 0.29) is 11.9 Å². The fraction of sp³-hybridized carbons (Fsp3) is 0.385. The molecule has 0 amide bonds. The first-order chi connectivity index (χ1) is 9.10. The van der Waals surface area contributed by atoms with Crippen LogP contribution in [0.3, 0.4) is 0 Å². The summed E-state index contributed by atoms with van der Waals surface area (Å²) in [6.45, 7) is 1.82. The minimum absolute atomic E-state index is 0.275. The van der Waals surface area contributed by atoms with E-state index in [2.05, 4.69) is 10.1 Å². The van der Waals surface area contributed by atoms with Crippen molar-refractivity contribution < 1.29 is 8.91 Å². The summed E-state index contributed by atoms with van der Waals surface area (Å²) in [5.74, 6) is 1.38. The quantitative estimate of drug-likeness (QED) is 0.912. The third kappa shape index (κ3) is 3.54. The summed E-state index contributed by atoms with van der Waals surface area (Å²) in [6.07, 6.45) is 2.78. The fourth-order valence-electron chi connectivity index (χ4n) is 1.74. The van der Waals surface area contributed by atoms with Crippen LogP contribution in [0.5, 0.6) is 0 Å². The molecule has 2 aromatic rings. The van der Waals surface area contributed by atoms with Crippen LogP contribution < -0.4 is 5.73 Å². The second-order valence-corrected chi connectivity index (χ2v) is 5.35. The number of aryl methyl sites for hydroxylation is 1. The number of nitrogens with zero attached hydrogens (tertiary/aromatic N) is 2. The van der Waals surface area contributed by atoms with Crippen molar-refractivity contribution in [3.63, 3.8) is 0 Å². The van der Waals surface area contributed by atoms with Crippen molar-refractivity contribution >= 4 is 11.8 Å². The van der Waals surface area contributed by atoms with E-state index in [9.17, 15) is 4.39 Å². The van der Waals surface area contributed by atoms with E-state index in [0.29, 0.717) is 17.3 Å². The number of hydrogen-bond donors (Lipinski definition) is 1. The van der Waals surface area contributed by atoms with Crippen LogP contribution in [0, 0.1) is 12.7 Å². The SMILES string of the molecule is CSCCC(N)c1nc(-c2cc(C)cc(F)c2)no1. The number of thioether (sulfide) groups is 1. The van der Waals surface area contributed by atoms with Gasteiger partial charge in [-0.2, -0.15) is 16.7 Å². The Kier molecular flexibility index (Phi) is 4.55. The zero-order chi connectivity index (χ0) is 13.8. The van der Waals surface area contributed by atoms with E-state index < -0.39 is 0 Å². The highest BCUT2D eigenvalue weighted by Gasteiger charge is 2.15. The van der Waals surface area contributed by atoms with E-state index in [0.717, 1.165) is 17.7 Å². The summed E-state index contributed by atoms with van der Waals surface area (Å²) in [5, 5.41) is 3.86. The maximum absolute atomic E-state index is 13.3. The van der Waals surface area contributed by atoms with Gasteiger partial charge in [0.25, 0.3) is 0 Å². The lowest BCUT2D eigenvalue weighted by molar-refractivity contribution is 0.353. The molecule has 0 radical (unpaired) electrons. The number of halogens is 1. The van der Waals surface area contributed by atoms with E-state index in [1.165, 1.54) is 12.1 Å². The van der Waals surface area contributed by atoms with Crippen molar-refractivity contribution in [1.29, 1.82) is 0 Å². The van der Waals surface area contributed by atoms with E-state index >= 15 is 0 Å². The average molecular weight is 281 g/mol. The van der Waals surface area contributed by atoms with Crippen LogP contribution in [0.1, 0.15) is 23.9 Å². The molecule has 19 heavy (non-hydrogen) atoms. The maximum Gasteiger partial charge on any atom is 0.243 e. The second-order valence-electron chi connectivity index (χ2n) is 4.36. The van der Waals surface area contributed by atoms with Gasteiger partial charge < -0.3 is 10.3 Å². The molecule has 6 heteroatoms. The molecule has 0 aliphatic carbocycles. The third-order valence-corrected chi connectivity index (χ3v) is 3.34. The molecule has 0 saturated carbocycles. The van der Waals surface area contributed by atoms with Gasteiger partial charge in [-0.3, -0.25) is 0 Å². The van der Waals surface area contributed by atoms with Gasteiger partial charge in [-0.15, -0.1) is 0 Å². The van der Waals surface area contributed by atoms with Crippen LogP contribution in [0.4, 0.5) is 4.39 Å². The standard InChI is InChI=1S/C13H16FN3OS/c1-8-5-9(7-10(14)6-8)12-16-13(18-17-12)11(15)3-4-19-2/h5-7,11H,3-4,15H2,1-2H3. The van der Waals surface area contributed by atoms with E-state index in [4.69, 9.17) is 10.3 Å². The van der Waals surface area contributed by atoms with Gasteiger partial charge in [0.2, 0.25) is 11.7 Å². The second kappa shape index (κ2) is 6.16. The molecule has 1 unspecified atom stereocenters. The van der Waals surface area contributed by atoms with Crippen LogP contribution in [0.15, 0.2) is 22.7 Å². The van der Waals surface area contributed by atoms with Gasteiger partial charge in [-0.05, 0) is 49.1 Å². The van der Waals surface area contributed by atoms with Gasteiger partial charge in [0.15, 0.2) is 0 Å². The van der Waals surface area contributed by atoms with E-state index in [1.807, 2.05) is 19.2 Å². The summed E-state index contributed by atoms with van der Waals surface area (Å²) in [7, 11) is 0. The molecule has 2 rings (SSSR count). The molecular formula is C13H16FN3OS. The average Bonchev–Trinajstić information content (AvgIpc) is 2.84. The smallest absolute Gasteiger partial charge is 0.243 e. The van der Waals surface area contributed by atoms with Gasteiger partial charge in [0.1, 0.15) is 5.82 Å². The highest BCUT2D eigenvalue weighted by molar-refractivity contribution is 7.98. The molecule has 0 saturated heterocycles. The summed E-state index contributed by atoms with van der Waals surface area (Å²) in [5.41, 5.74) is 7.36. The summed E-state index contributed by atoms with van der Waals surface area (Å²) in [6, 6.07) is 4.37. The maximum atomic E-state index is 13.3. The Bertz CT molecular complexity index is 538. The Hall–Kier alpha value is -1.40. The zero-order valence-electron chi connectivity index (χ0n) is 10.9. The van der Waals surface area contributed by atoms with Crippen molar-refractivity contribution in [2.45, 2.75) is 19.4 Å². The molecule has 0 fully saturated rings. The molecule has 0 bridgehead atoms. The van der Waals surface area contributed by atoms with Gasteiger partial charge in [0.05, 0.1) is 6.04 Å². The third-order valence-electron chi connectivity index (χ3n) is 2.69. The van der Waals surface area contributed by atoms with Gasteiger partial charge >= 0.3 is 0 Å². The van der Waals surface area contributed by atoms with Crippen molar-refractivity contribution in [1.82, 2.24) is 10.1 Å². The first-order valence-corrected chi connectivity index (χ1v) is 7.35. The monoisotopic (exact) mass is 281 g/mol. The minimum atomic E-state index is -0.312. The predicted molar refractivity (Wildman–Crippen MR) is 74.4 cm³/mol. The first kappa shape index (κ1) is 14.0. The molecule has 1 aromatic carbocycles.